The van der Waals surface area contributed by atoms with Gasteiger partial charge in [0.05, 0.1) is 17.9 Å². The van der Waals surface area contributed by atoms with Crippen molar-refractivity contribution in [2.24, 2.45) is 0 Å². The van der Waals surface area contributed by atoms with Crippen LogP contribution < -0.4 is 5.32 Å². The van der Waals surface area contributed by atoms with Crippen LogP contribution in [0.3, 0.4) is 0 Å². The fourth-order valence-electron chi connectivity index (χ4n) is 6.16. The molecule has 0 aromatic rings. The number of aliphatic hydroxyl groups excluding tert-OH is 1. The Morgan fingerprint density at radius 2 is 0.885 bits per heavy atom. The van der Waals surface area contributed by atoms with E-state index in [9.17, 15) is 22.9 Å². The number of nitrogens with one attached hydrogen (secondary N) is 1. The highest BCUT2D eigenvalue weighted by Crippen LogP contribution is 2.13. The highest BCUT2D eigenvalue weighted by atomic mass is 32.2. The van der Waals surface area contributed by atoms with Crippen LogP contribution in [0.2, 0.25) is 0 Å². The van der Waals surface area contributed by atoms with Crippen LogP contribution >= 0.6 is 0 Å². The van der Waals surface area contributed by atoms with Crippen molar-refractivity contribution in [1.29, 1.82) is 0 Å². The number of aliphatic hydroxyl groups is 1. The number of allylic oxidation sites excluding steroid dienone is 9. The largest absolute Gasteiger partial charge is 0.387 e. The van der Waals surface area contributed by atoms with E-state index >= 15 is 0 Å². The fraction of sp³-hybridized carbons (Fsp3) is 0.756. The Labute approximate surface area is 321 Å². The smallest absolute Gasteiger partial charge is 0.267 e. The van der Waals surface area contributed by atoms with Gasteiger partial charge in [-0.05, 0) is 77.0 Å². The lowest BCUT2D eigenvalue weighted by molar-refractivity contribution is -0.122. The topological polar surface area (TPSA) is 104 Å². The van der Waals surface area contributed by atoms with Gasteiger partial charge < -0.3 is 10.4 Å². The molecular weight excluding hydrogens is 667 g/mol. The van der Waals surface area contributed by atoms with Crippen LogP contribution in [0.15, 0.2) is 60.8 Å². The first-order valence-corrected chi connectivity index (χ1v) is 23.1. The lowest BCUT2D eigenvalue weighted by Gasteiger charge is -2.21. The molecule has 0 heterocycles. The maximum absolute atomic E-state index is 12.5. The van der Waals surface area contributed by atoms with Gasteiger partial charge in [-0.15, -0.1) is 0 Å². The summed E-state index contributed by atoms with van der Waals surface area (Å²) in [5, 5.41) is 13.2. The van der Waals surface area contributed by atoms with Crippen molar-refractivity contribution in [3.8, 4) is 0 Å². The summed E-state index contributed by atoms with van der Waals surface area (Å²) in [7, 11) is -4.37. The average molecular weight is 748 g/mol. The molecule has 0 fully saturated rings. The number of hydrogen-bond acceptors (Lipinski definition) is 4. The van der Waals surface area contributed by atoms with Crippen LogP contribution in [0, 0.1) is 0 Å². The van der Waals surface area contributed by atoms with E-state index in [0.29, 0.717) is 12.8 Å². The zero-order valence-corrected chi connectivity index (χ0v) is 34.5. The third-order valence-corrected chi connectivity index (χ3v) is 10.2. The van der Waals surface area contributed by atoms with E-state index in [1.54, 1.807) is 6.08 Å². The van der Waals surface area contributed by atoms with Gasteiger partial charge in [0.1, 0.15) is 0 Å². The van der Waals surface area contributed by atoms with Gasteiger partial charge >= 0.3 is 0 Å². The maximum Gasteiger partial charge on any atom is 0.267 e. The van der Waals surface area contributed by atoms with Gasteiger partial charge in [0, 0.05) is 6.42 Å². The Morgan fingerprint density at radius 3 is 1.35 bits per heavy atom. The van der Waals surface area contributed by atoms with Gasteiger partial charge in [-0.2, -0.15) is 8.42 Å². The van der Waals surface area contributed by atoms with Crippen molar-refractivity contribution in [1.82, 2.24) is 5.32 Å². The number of carbonyl (C=O) groups excluding carboxylic acids is 1. The Kier molecular flexibility index (Phi) is 37.3. The molecule has 0 bridgehead atoms. The molecule has 3 N–H and O–H groups in total. The van der Waals surface area contributed by atoms with E-state index in [4.69, 9.17) is 0 Å². The Morgan fingerprint density at radius 1 is 0.519 bits per heavy atom. The molecule has 2 unspecified atom stereocenters. The van der Waals surface area contributed by atoms with Gasteiger partial charge in [0.15, 0.2) is 0 Å². The monoisotopic (exact) mass is 748 g/mol. The molecule has 0 aromatic heterocycles. The SMILES string of the molecule is CCCCCC/C=C\C/C=C\CCCCCCCC(=O)NC(CS(=O)(=O)O)C(O)/C=C/CC/C=C/CC/C=C/CCCCCCCCCCCCC. The molecule has 302 valence electrons. The summed E-state index contributed by atoms with van der Waals surface area (Å²) >= 11 is 0. The normalized spacial score (nSPS) is 13.8. The Balaban J connectivity index is 4.01. The number of carbonyl (C=O) groups is 1. The summed E-state index contributed by atoms with van der Waals surface area (Å²) in [5.74, 6) is -1.03. The molecule has 0 radical (unpaired) electrons. The molecule has 52 heavy (non-hydrogen) atoms. The minimum atomic E-state index is -4.37. The van der Waals surface area contributed by atoms with E-state index in [1.165, 1.54) is 115 Å². The lowest BCUT2D eigenvalue weighted by atomic mass is 10.1. The summed E-state index contributed by atoms with van der Waals surface area (Å²) in [6, 6.07) is -1.09. The predicted octanol–water partition coefficient (Wildman–Crippen LogP) is 12.9. The molecule has 0 saturated heterocycles. The first-order valence-electron chi connectivity index (χ1n) is 21.5. The summed E-state index contributed by atoms with van der Waals surface area (Å²) in [5.41, 5.74) is 0. The molecule has 0 rings (SSSR count). The van der Waals surface area contributed by atoms with Crippen molar-refractivity contribution in [2.75, 3.05) is 5.75 Å². The van der Waals surface area contributed by atoms with Crippen LogP contribution in [0.25, 0.3) is 0 Å². The average Bonchev–Trinajstić information content (AvgIpc) is 3.11. The van der Waals surface area contributed by atoms with Crippen LogP contribution in [0.5, 0.6) is 0 Å². The van der Waals surface area contributed by atoms with Gasteiger partial charge in [-0.3, -0.25) is 9.35 Å². The molecule has 0 saturated carbocycles. The second kappa shape index (κ2) is 38.8. The number of rotatable bonds is 38. The van der Waals surface area contributed by atoms with Crippen LogP contribution in [0.4, 0.5) is 0 Å². The van der Waals surface area contributed by atoms with E-state index in [2.05, 4.69) is 67.8 Å². The molecular formula is C45H81NO5S. The van der Waals surface area contributed by atoms with Gasteiger partial charge in [0.25, 0.3) is 10.1 Å². The number of unbranched alkanes of at least 4 members (excludes halogenated alkanes) is 22. The van der Waals surface area contributed by atoms with E-state index in [-0.39, 0.29) is 12.3 Å². The van der Waals surface area contributed by atoms with Gasteiger partial charge in [-0.1, -0.05) is 177 Å². The standard InChI is InChI=1S/C45H81NO5S/c1-3-5-7-9-11-13-15-17-19-21-22-23-24-25-26-28-30-32-34-36-38-40-44(47)43(42-52(49,50)51)46-45(48)41-39-37-35-33-31-29-27-20-18-16-14-12-10-8-6-4-2/h14,16,20,24-25,27,30,32,38,40,43-44,47H,3-13,15,17-19,21-23,26,28-29,31,33-37,39,41-42H2,1-2H3,(H,46,48)(H,49,50,51)/b16-14-,25-24+,27-20-,32-30+,40-38+. The van der Waals surface area contributed by atoms with Crippen molar-refractivity contribution in [3.63, 3.8) is 0 Å². The number of hydrogen-bond donors (Lipinski definition) is 3. The molecule has 0 aliphatic rings. The van der Waals surface area contributed by atoms with Crippen molar-refractivity contribution < 1.29 is 22.9 Å². The molecule has 0 spiro atoms. The fourth-order valence-corrected chi connectivity index (χ4v) is 6.89. The molecule has 0 aromatic carbocycles. The van der Waals surface area contributed by atoms with Crippen molar-refractivity contribution in [2.45, 2.75) is 212 Å². The minimum absolute atomic E-state index is 0.266. The van der Waals surface area contributed by atoms with Gasteiger partial charge in [0.2, 0.25) is 5.91 Å². The molecule has 0 aliphatic carbocycles. The molecule has 1 amide bonds. The Bertz CT molecular complexity index is 1050. The highest BCUT2D eigenvalue weighted by Gasteiger charge is 2.24. The first kappa shape index (κ1) is 50.0. The maximum atomic E-state index is 12.5. The van der Waals surface area contributed by atoms with E-state index < -0.39 is 28.0 Å². The van der Waals surface area contributed by atoms with E-state index in [0.717, 1.165) is 57.8 Å². The highest BCUT2D eigenvalue weighted by molar-refractivity contribution is 7.85. The summed E-state index contributed by atoms with van der Waals surface area (Å²) in [6.07, 6.45) is 53.5. The van der Waals surface area contributed by atoms with Crippen LogP contribution in [0.1, 0.15) is 200 Å². The predicted molar refractivity (Wildman–Crippen MR) is 225 cm³/mol. The summed E-state index contributed by atoms with van der Waals surface area (Å²) in [6.45, 7) is 4.51. The summed E-state index contributed by atoms with van der Waals surface area (Å²) in [4.78, 5) is 12.5. The van der Waals surface area contributed by atoms with Crippen molar-refractivity contribution in [3.05, 3.63) is 60.8 Å². The third-order valence-electron chi connectivity index (χ3n) is 9.39. The van der Waals surface area contributed by atoms with Gasteiger partial charge in [-0.25, -0.2) is 0 Å². The number of amides is 1. The third kappa shape index (κ3) is 39.3. The minimum Gasteiger partial charge on any atom is -0.387 e. The molecule has 6 nitrogen and oxygen atoms in total. The summed E-state index contributed by atoms with van der Waals surface area (Å²) < 4.78 is 32.5. The molecule has 2 atom stereocenters. The van der Waals surface area contributed by atoms with Crippen molar-refractivity contribution >= 4 is 16.0 Å². The zero-order valence-electron chi connectivity index (χ0n) is 33.7. The second-order valence-corrected chi connectivity index (χ2v) is 16.1. The first-order chi connectivity index (χ1) is 25.3. The Hall–Kier alpha value is -1.96. The van der Waals surface area contributed by atoms with Crippen LogP contribution in [-0.4, -0.2) is 41.9 Å². The second-order valence-electron chi connectivity index (χ2n) is 14.6. The lowest BCUT2D eigenvalue weighted by Crippen LogP contribution is -2.46. The molecule has 7 heteroatoms. The quantitative estimate of drug-likeness (QED) is 0.0331. The van der Waals surface area contributed by atoms with E-state index in [1.807, 2.05) is 0 Å². The molecule has 0 aliphatic heterocycles. The van der Waals surface area contributed by atoms with Crippen LogP contribution in [-0.2, 0) is 14.9 Å². The zero-order chi connectivity index (χ0) is 38.2.